The molecule has 0 amide bonds. The van der Waals surface area contributed by atoms with Crippen molar-refractivity contribution >= 4 is 17.2 Å². The number of para-hydroxylation sites is 2. The van der Waals surface area contributed by atoms with Crippen LogP contribution >= 0.6 is 0 Å². The Bertz CT molecular complexity index is 1420. The number of hydrogen-bond acceptors (Lipinski definition) is 8. The number of methoxy groups -OCH3 is 4. The molecule has 0 radical (unpaired) electrons. The van der Waals surface area contributed by atoms with Gasteiger partial charge in [0.1, 0.15) is 0 Å². The van der Waals surface area contributed by atoms with Crippen LogP contribution in [-0.4, -0.2) is 40.8 Å². The van der Waals surface area contributed by atoms with Crippen molar-refractivity contribution in [3.8, 4) is 28.7 Å². The highest BCUT2D eigenvalue weighted by Gasteiger charge is 2.38. The van der Waals surface area contributed by atoms with Gasteiger partial charge in [0, 0.05) is 23.3 Å². The number of fused-ring (bicyclic) bond motifs is 1. The molecule has 3 aromatic rings. The van der Waals surface area contributed by atoms with Crippen LogP contribution in [0.3, 0.4) is 0 Å². The van der Waals surface area contributed by atoms with Gasteiger partial charge in [-0.3, -0.25) is 4.79 Å². The van der Waals surface area contributed by atoms with E-state index in [2.05, 4.69) is 10.6 Å². The molecule has 2 N–H and O–H groups in total. The molecule has 0 bridgehead atoms. The van der Waals surface area contributed by atoms with Gasteiger partial charge in [-0.1, -0.05) is 18.2 Å². The zero-order valence-electron chi connectivity index (χ0n) is 22.9. The summed E-state index contributed by atoms with van der Waals surface area (Å²) in [5.74, 6) is 2.95. The number of benzene rings is 3. The minimum atomic E-state index is -0.464. The quantitative estimate of drug-likeness (QED) is 0.361. The van der Waals surface area contributed by atoms with E-state index < -0.39 is 6.04 Å². The average Bonchev–Trinajstić information content (AvgIpc) is 3.13. The predicted octanol–water partition coefficient (Wildman–Crippen LogP) is 6.10. The van der Waals surface area contributed by atoms with Crippen molar-refractivity contribution in [1.82, 2.24) is 0 Å². The summed E-state index contributed by atoms with van der Waals surface area (Å²) in [7, 11) is 6.39. The number of hydrogen-bond donors (Lipinski definition) is 2. The third-order valence-corrected chi connectivity index (χ3v) is 7.31. The first-order valence-electron chi connectivity index (χ1n) is 13.0. The van der Waals surface area contributed by atoms with Crippen LogP contribution in [0.5, 0.6) is 28.7 Å². The summed E-state index contributed by atoms with van der Waals surface area (Å²) >= 11 is 0. The SMILES string of the molecule is CCOc1ccc([C@H]2CC(=O)C3=C(C2)Nc2ccccc2N[C@@H]3c2ccc(OC)c(OC)c2OC)cc1OC. The van der Waals surface area contributed by atoms with Gasteiger partial charge < -0.3 is 34.3 Å². The summed E-state index contributed by atoms with van der Waals surface area (Å²) in [6.45, 7) is 2.49. The highest BCUT2D eigenvalue weighted by molar-refractivity contribution is 6.01. The monoisotopic (exact) mass is 530 g/mol. The number of ketones is 1. The summed E-state index contributed by atoms with van der Waals surface area (Å²) in [5.41, 5.74) is 5.18. The Labute approximate surface area is 228 Å². The van der Waals surface area contributed by atoms with Crippen molar-refractivity contribution in [3.05, 3.63) is 77.0 Å². The van der Waals surface area contributed by atoms with E-state index in [1.165, 1.54) is 0 Å². The molecule has 2 aliphatic rings. The third kappa shape index (κ3) is 4.82. The van der Waals surface area contributed by atoms with E-state index in [4.69, 9.17) is 23.7 Å². The highest BCUT2D eigenvalue weighted by atomic mass is 16.5. The summed E-state index contributed by atoms with van der Waals surface area (Å²) in [4.78, 5) is 14.0. The molecule has 8 nitrogen and oxygen atoms in total. The molecular weight excluding hydrogens is 496 g/mol. The molecule has 2 atom stereocenters. The van der Waals surface area contributed by atoms with Crippen LogP contribution in [0.4, 0.5) is 11.4 Å². The van der Waals surface area contributed by atoms with Crippen LogP contribution in [0.25, 0.3) is 0 Å². The van der Waals surface area contributed by atoms with Crippen molar-refractivity contribution < 1.29 is 28.5 Å². The fourth-order valence-corrected chi connectivity index (χ4v) is 5.53. The Morgan fingerprint density at radius 1 is 0.795 bits per heavy atom. The number of allylic oxidation sites excluding steroid dienone is 1. The third-order valence-electron chi connectivity index (χ3n) is 7.31. The Hall–Kier alpha value is -4.33. The zero-order chi connectivity index (χ0) is 27.5. The fourth-order valence-electron chi connectivity index (χ4n) is 5.53. The first-order valence-corrected chi connectivity index (χ1v) is 13.0. The van der Waals surface area contributed by atoms with Gasteiger partial charge in [0.2, 0.25) is 5.75 Å². The van der Waals surface area contributed by atoms with Gasteiger partial charge in [0.05, 0.1) is 52.5 Å². The maximum absolute atomic E-state index is 14.0. The molecule has 5 rings (SSSR count). The molecular formula is C31H34N2O6. The molecule has 1 aliphatic heterocycles. The fraction of sp³-hybridized carbons (Fsp3) is 0.323. The number of anilines is 2. The molecule has 0 saturated heterocycles. The van der Waals surface area contributed by atoms with Crippen molar-refractivity contribution in [1.29, 1.82) is 0 Å². The lowest BCUT2D eigenvalue weighted by molar-refractivity contribution is -0.116. The Kier molecular flexibility index (Phi) is 7.54. The van der Waals surface area contributed by atoms with E-state index in [9.17, 15) is 4.79 Å². The van der Waals surface area contributed by atoms with Crippen molar-refractivity contribution in [2.45, 2.75) is 31.7 Å². The van der Waals surface area contributed by atoms with Crippen molar-refractivity contribution in [3.63, 3.8) is 0 Å². The maximum Gasteiger partial charge on any atom is 0.203 e. The smallest absolute Gasteiger partial charge is 0.203 e. The maximum atomic E-state index is 14.0. The molecule has 39 heavy (non-hydrogen) atoms. The summed E-state index contributed by atoms with van der Waals surface area (Å²) in [5, 5.41) is 7.19. The van der Waals surface area contributed by atoms with Gasteiger partial charge in [-0.25, -0.2) is 0 Å². The average molecular weight is 531 g/mol. The molecule has 0 spiro atoms. The first-order chi connectivity index (χ1) is 19.0. The van der Waals surface area contributed by atoms with Crippen LogP contribution in [0.2, 0.25) is 0 Å². The molecule has 0 fully saturated rings. The van der Waals surface area contributed by atoms with Crippen LogP contribution in [-0.2, 0) is 4.79 Å². The lowest BCUT2D eigenvalue weighted by Crippen LogP contribution is -2.27. The van der Waals surface area contributed by atoms with Crippen LogP contribution in [0.1, 0.15) is 42.9 Å². The lowest BCUT2D eigenvalue weighted by atomic mass is 9.78. The minimum absolute atomic E-state index is 0.0217. The Balaban J connectivity index is 1.62. The van der Waals surface area contributed by atoms with Crippen LogP contribution < -0.4 is 34.3 Å². The van der Waals surface area contributed by atoms with Gasteiger partial charge >= 0.3 is 0 Å². The van der Waals surface area contributed by atoms with Gasteiger partial charge in [-0.05, 0) is 61.2 Å². The number of rotatable bonds is 8. The highest BCUT2D eigenvalue weighted by Crippen LogP contribution is 2.49. The van der Waals surface area contributed by atoms with E-state index >= 15 is 0 Å². The van der Waals surface area contributed by atoms with Crippen molar-refractivity contribution in [2.75, 3.05) is 45.7 Å². The lowest BCUT2D eigenvalue weighted by Gasteiger charge is -2.31. The summed E-state index contributed by atoms with van der Waals surface area (Å²) in [6.07, 6.45) is 1.02. The second-order valence-electron chi connectivity index (χ2n) is 9.44. The summed E-state index contributed by atoms with van der Waals surface area (Å²) < 4.78 is 28.3. The molecule has 1 heterocycles. The zero-order valence-corrected chi connectivity index (χ0v) is 22.9. The van der Waals surface area contributed by atoms with Crippen LogP contribution in [0, 0.1) is 0 Å². The standard InChI is InChI=1S/C31H34N2O6/c1-6-39-25-13-11-18(17-27(25)36-3)19-15-23-28(24(34)16-19)29(33-22-10-8-7-9-21(22)32-23)20-12-14-26(35-2)31(38-5)30(20)37-4/h7-14,17,19,29,32-33H,6,15-16H2,1-5H3/t19-,29-/m1/s1. The Morgan fingerprint density at radius 2 is 1.51 bits per heavy atom. The van der Waals surface area contributed by atoms with Gasteiger partial charge in [0.25, 0.3) is 0 Å². The molecule has 3 aromatic carbocycles. The number of carbonyl (C=O) groups is 1. The van der Waals surface area contributed by atoms with E-state index in [1.807, 2.05) is 61.5 Å². The number of ether oxygens (including phenoxy) is 5. The molecule has 0 aromatic heterocycles. The van der Waals surface area contributed by atoms with Crippen molar-refractivity contribution in [2.24, 2.45) is 0 Å². The second kappa shape index (κ2) is 11.2. The predicted molar refractivity (Wildman–Crippen MR) is 151 cm³/mol. The van der Waals surface area contributed by atoms with E-state index in [1.54, 1.807) is 28.4 Å². The number of carbonyl (C=O) groups excluding carboxylic acids is 1. The molecule has 1 aliphatic carbocycles. The van der Waals surface area contributed by atoms with E-state index in [-0.39, 0.29) is 11.7 Å². The van der Waals surface area contributed by atoms with Crippen LogP contribution in [0.15, 0.2) is 65.9 Å². The van der Waals surface area contributed by atoms with Gasteiger partial charge in [-0.2, -0.15) is 0 Å². The number of nitrogens with one attached hydrogen (secondary N) is 2. The minimum Gasteiger partial charge on any atom is -0.493 e. The largest absolute Gasteiger partial charge is 0.493 e. The molecule has 0 saturated carbocycles. The second-order valence-corrected chi connectivity index (χ2v) is 9.44. The molecule has 204 valence electrons. The topological polar surface area (TPSA) is 87.3 Å². The number of Topliss-reactive ketones (excluding diaryl/α,β-unsaturated/α-hetero) is 1. The molecule has 0 unspecified atom stereocenters. The summed E-state index contributed by atoms with van der Waals surface area (Å²) in [6, 6.07) is 17.2. The normalized spacial score (nSPS) is 18.1. The van der Waals surface area contributed by atoms with Gasteiger partial charge in [0.15, 0.2) is 28.8 Å². The van der Waals surface area contributed by atoms with E-state index in [0.717, 1.165) is 28.2 Å². The first kappa shape index (κ1) is 26.3. The van der Waals surface area contributed by atoms with E-state index in [0.29, 0.717) is 53.8 Å². The van der Waals surface area contributed by atoms with Gasteiger partial charge in [-0.15, -0.1) is 0 Å². The Morgan fingerprint density at radius 3 is 2.21 bits per heavy atom. The molecule has 8 heteroatoms.